The molecule has 0 saturated heterocycles. The van der Waals surface area contributed by atoms with Crippen molar-refractivity contribution in [3.63, 3.8) is 0 Å². The zero-order valence-corrected chi connectivity index (χ0v) is 9.89. The molecule has 70 valence electrons. The third-order valence-corrected chi connectivity index (χ3v) is 4.68. The summed E-state index contributed by atoms with van der Waals surface area (Å²) in [6, 6.07) is 0. The highest BCUT2D eigenvalue weighted by Gasteiger charge is 2.31. The van der Waals surface area contributed by atoms with Gasteiger partial charge in [-0.2, -0.15) is 11.6 Å². The molecule has 3 heteroatoms. The Kier molecular flexibility index (Phi) is 4.38. The fraction of sp³-hybridized carbons (Fsp3) is 1.00. The highest BCUT2D eigenvalue weighted by atomic mass is 32.2. The van der Waals surface area contributed by atoms with Crippen LogP contribution in [0, 0.1) is 0 Å². The molecule has 1 aliphatic rings. The third kappa shape index (κ3) is 2.92. The van der Waals surface area contributed by atoms with Crippen LogP contribution in [0.2, 0.25) is 6.82 Å². The minimum atomic E-state index is 0.503. The molecule has 0 spiro atoms. The molecule has 0 N–H and O–H groups in total. The summed E-state index contributed by atoms with van der Waals surface area (Å²) in [7, 11) is 0. The summed E-state index contributed by atoms with van der Waals surface area (Å²) < 4.78 is 0.583. The van der Waals surface area contributed by atoms with E-state index in [9.17, 15) is 0 Å². The van der Waals surface area contributed by atoms with Crippen LogP contribution in [0.5, 0.6) is 0 Å². The maximum absolute atomic E-state index is 4.48. The Bertz CT molecular complexity index is 130. The summed E-state index contributed by atoms with van der Waals surface area (Å²) in [6.07, 6.45) is 8.46. The van der Waals surface area contributed by atoms with Crippen LogP contribution in [0.1, 0.15) is 45.4 Å². The van der Waals surface area contributed by atoms with Gasteiger partial charge < -0.3 is 0 Å². The quantitative estimate of drug-likeness (QED) is 0.535. The van der Waals surface area contributed by atoms with Gasteiger partial charge in [-0.05, 0) is 19.3 Å². The number of rotatable bonds is 3. The van der Waals surface area contributed by atoms with Crippen molar-refractivity contribution >= 4 is 29.4 Å². The summed E-state index contributed by atoms with van der Waals surface area (Å²) in [5.41, 5.74) is 0. The number of hydrogen-bond acceptors (Lipinski definition) is 2. The number of thiol groups is 1. The van der Waals surface area contributed by atoms with E-state index in [4.69, 9.17) is 0 Å². The molecule has 1 rings (SSSR count). The summed E-state index contributed by atoms with van der Waals surface area (Å²) in [5, 5.41) is 0.503. The van der Waals surface area contributed by atoms with Crippen LogP contribution in [0.3, 0.4) is 0 Å². The highest BCUT2D eigenvalue weighted by molar-refractivity contribution is 8.48. The molecule has 0 aromatic heterocycles. The lowest BCUT2D eigenvalue weighted by molar-refractivity contribution is 0.390. The monoisotopic (exact) mass is 202 g/mol. The molecule has 0 heterocycles. The Morgan fingerprint density at radius 1 is 1.33 bits per heavy atom. The van der Waals surface area contributed by atoms with E-state index in [2.05, 4.69) is 37.8 Å². The lowest BCUT2D eigenvalue weighted by atomic mass is 9.86. The van der Waals surface area contributed by atoms with Gasteiger partial charge in [0.15, 0.2) is 0 Å². The van der Waals surface area contributed by atoms with Crippen LogP contribution in [0.4, 0.5) is 0 Å². The van der Waals surface area contributed by atoms with Crippen molar-refractivity contribution in [3.8, 4) is 0 Å². The van der Waals surface area contributed by atoms with E-state index in [-0.39, 0.29) is 0 Å². The van der Waals surface area contributed by atoms with Crippen molar-refractivity contribution < 1.29 is 0 Å². The molecular weight excluding hydrogens is 183 g/mol. The maximum Gasteiger partial charge on any atom is 0.268 e. The molecule has 0 bridgehead atoms. The highest BCUT2D eigenvalue weighted by Crippen LogP contribution is 2.43. The second-order valence-electron chi connectivity index (χ2n) is 3.81. The zero-order valence-electron chi connectivity index (χ0n) is 8.18. The minimum Gasteiger partial charge on any atom is -0.213 e. The molecule has 0 aliphatic heterocycles. The van der Waals surface area contributed by atoms with Gasteiger partial charge in [0.05, 0.1) is 0 Å². The Morgan fingerprint density at radius 2 is 1.92 bits per heavy atom. The van der Waals surface area contributed by atoms with Crippen LogP contribution >= 0.6 is 24.1 Å². The summed E-state index contributed by atoms with van der Waals surface area (Å²) in [4.78, 5) is 0. The molecule has 0 unspecified atom stereocenters. The van der Waals surface area contributed by atoms with Gasteiger partial charge >= 0.3 is 0 Å². The minimum absolute atomic E-state index is 0.503. The molecule has 0 amide bonds. The molecular formula is C9H19BS2. The zero-order chi connectivity index (χ0) is 9.03. The van der Waals surface area contributed by atoms with Crippen molar-refractivity contribution in [2.75, 3.05) is 0 Å². The average molecular weight is 202 g/mol. The van der Waals surface area contributed by atoms with Crippen molar-refractivity contribution in [2.45, 2.75) is 57.0 Å². The van der Waals surface area contributed by atoms with Crippen molar-refractivity contribution in [1.29, 1.82) is 0 Å². The van der Waals surface area contributed by atoms with Gasteiger partial charge in [0.2, 0.25) is 0 Å². The largest absolute Gasteiger partial charge is 0.268 e. The maximum atomic E-state index is 4.48. The van der Waals surface area contributed by atoms with E-state index in [1.807, 2.05) is 0 Å². The van der Waals surface area contributed by atoms with Crippen LogP contribution in [0.15, 0.2) is 0 Å². The topological polar surface area (TPSA) is 0 Å². The van der Waals surface area contributed by atoms with Gasteiger partial charge in [-0.15, -0.1) is 0 Å². The smallest absolute Gasteiger partial charge is 0.213 e. The first kappa shape index (κ1) is 10.8. The van der Waals surface area contributed by atoms with Crippen LogP contribution in [-0.2, 0) is 0 Å². The lowest BCUT2D eigenvalue weighted by Crippen LogP contribution is -2.29. The van der Waals surface area contributed by atoms with Crippen LogP contribution in [0.25, 0.3) is 0 Å². The van der Waals surface area contributed by atoms with Crippen LogP contribution < -0.4 is 0 Å². The predicted octanol–water partition coefficient (Wildman–Crippen LogP) is 3.88. The molecule has 0 aromatic carbocycles. The standard InChI is InChI=1S/C9H19BS2/c1-3-9(12-10(2)11)7-5-4-6-8-9/h11H,3-8H2,1-2H3. The Balaban J connectivity index is 2.48. The number of hydrogen-bond donors (Lipinski definition) is 1. The molecule has 1 fully saturated rings. The second-order valence-corrected chi connectivity index (χ2v) is 6.75. The molecule has 1 saturated carbocycles. The van der Waals surface area contributed by atoms with E-state index in [1.165, 1.54) is 38.5 Å². The Labute approximate surface area is 86.6 Å². The van der Waals surface area contributed by atoms with Gasteiger partial charge in [-0.3, -0.25) is 0 Å². The second kappa shape index (κ2) is 4.85. The fourth-order valence-electron chi connectivity index (χ4n) is 2.11. The molecule has 1 aliphatic carbocycles. The predicted molar refractivity (Wildman–Crippen MR) is 64.3 cm³/mol. The molecule has 0 radical (unpaired) electrons. The van der Waals surface area contributed by atoms with Crippen molar-refractivity contribution in [3.05, 3.63) is 0 Å². The summed E-state index contributed by atoms with van der Waals surface area (Å²) in [6.45, 7) is 4.52. The lowest BCUT2D eigenvalue weighted by Gasteiger charge is -2.37. The molecule has 0 aromatic rings. The Morgan fingerprint density at radius 3 is 2.33 bits per heavy atom. The van der Waals surface area contributed by atoms with Gasteiger partial charge in [-0.1, -0.05) is 33.0 Å². The summed E-state index contributed by atoms with van der Waals surface area (Å²) in [5.74, 6) is 0. The van der Waals surface area contributed by atoms with Gasteiger partial charge in [0.25, 0.3) is 5.27 Å². The normalized spacial score (nSPS) is 22.2. The van der Waals surface area contributed by atoms with Gasteiger partial charge in [-0.25, -0.2) is 12.5 Å². The first-order chi connectivity index (χ1) is 5.68. The third-order valence-electron chi connectivity index (χ3n) is 2.83. The first-order valence-corrected chi connectivity index (χ1v) is 6.44. The fourth-order valence-corrected chi connectivity index (χ4v) is 4.20. The SMILES string of the molecule is CCC1(SB(C)S)CCCCC1. The van der Waals surface area contributed by atoms with E-state index < -0.39 is 0 Å². The van der Waals surface area contributed by atoms with Crippen molar-refractivity contribution in [2.24, 2.45) is 0 Å². The van der Waals surface area contributed by atoms with Crippen LogP contribution in [-0.4, -0.2) is 10.0 Å². The molecule has 0 atom stereocenters. The van der Waals surface area contributed by atoms with E-state index in [0.29, 0.717) is 10.0 Å². The van der Waals surface area contributed by atoms with Gasteiger partial charge in [0, 0.05) is 4.75 Å². The first-order valence-electron chi connectivity index (χ1n) is 5.04. The average Bonchev–Trinajstić information content (AvgIpc) is 2.05. The summed E-state index contributed by atoms with van der Waals surface area (Å²) >= 11 is 6.57. The molecule has 12 heavy (non-hydrogen) atoms. The van der Waals surface area contributed by atoms with Crippen molar-refractivity contribution in [1.82, 2.24) is 0 Å². The Hall–Kier alpha value is 0.765. The van der Waals surface area contributed by atoms with E-state index in [1.54, 1.807) is 0 Å². The van der Waals surface area contributed by atoms with Gasteiger partial charge in [0.1, 0.15) is 0 Å². The van der Waals surface area contributed by atoms with E-state index >= 15 is 0 Å². The van der Waals surface area contributed by atoms with E-state index in [0.717, 1.165) is 0 Å². The molecule has 0 nitrogen and oxygen atoms in total.